The molecule has 19 heavy (non-hydrogen) atoms. The first-order valence-corrected chi connectivity index (χ1v) is 8.19. The van der Waals surface area contributed by atoms with Crippen molar-refractivity contribution in [3.8, 4) is 0 Å². The van der Waals surface area contributed by atoms with E-state index in [1.54, 1.807) is 0 Å². The van der Waals surface area contributed by atoms with Crippen LogP contribution in [0.25, 0.3) is 0 Å². The zero-order chi connectivity index (χ0) is 13.1. The number of aliphatic hydroxyl groups is 1. The molecule has 1 aromatic heterocycles. The number of thioether (sulfide) groups is 1. The molecule has 0 amide bonds. The van der Waals surface area contributed by atoms with Gasteiger partial charge in [-0.1, -0.05) is 18.0 Å². The Morgan fingerprint density at radius 3 is 2.95 bits per heavy atom. The van der Waals surface area contributed by atoms with Gasteiger partial charge in [-0.05, 0) is 32.2 Å². The molecule has 3 rings (SSSR count). The Balaban J connectivity index is 1.59. The molecule has 2 fully saturated rings. The van der Waals surface area contributed by atoms with Crippen molar-refractivity contribution >= 4 is 11.8 Å². The molecule has 1 aliphatic carbocycles. The lowest BCUT2D eigenvalue weighted by atomic mass is 9.94. The molecule has 1 aliphatic heterocycles. The van der Waals surface area contributed by atoms with Crippen LogP contribution in [0.5, 0.6) is 0 Å². The fourth-order valence-corrected chi connectivity index (χ4v) is 3.99. The molecule has 5 nitrogen and oxygen atoms in total. The van der Waals surface area contributed by atoms with Crippen LogP contribution in [-0.4, -0.2) is 33.6 Å². The topological polar surface area (TPSA) is 71.2 Å². The van der Waals surface area contributed by atoms with E-state index >= 15 is 0 Å². The third-order valence-corrected chi connectivity index (χ3v) is 5.35. The van der Waals surface area contributed by atoms with Gasteiger partial charge < -0.3 is 14.9 Å². The highest BCUT2D eigenvalue weighted by molar-refractivity contribution is 7.99. The van der Waals surface area contributed by atoms with E-state index in [-0.39, 0.29) is 0 Å². The second-order valence-corrected chi connectivity index (χ2v) is 6.83. The summed E-state index contributed by atoms with van der Waals surface area (Å²) in [6.45, 7) is 1.45. The summed E-state index contributed by atoms with van der Waals surface area (Å²) in [5.41, 5.74) is -0.971. The number of hydrogen-bond donors (Lipinski definition) is 2. The smallest absolute Gasteiger partial charge is 0.259 e. The SMILES string of the molecule is OC1(c2nc(CSC3CCCC3)no2)CCCNC1. The van der Waals surface area contributed by atoms with Crippen molar-refractivity contribution in [3.63, 3.8) is 0 Å². The fourth-order valence-electron chi connectivity index (χ4n) is 2.82. The van der Waals surface area contributed by atoms with Crippen LogP contribution in [0.15, 0.2) is 4.52 Å². The van der Waals surface area contributed by atoms with Crippen molar-refractivity contribution in [3.05, 3.63) is 11.7 Å². The fraction of sp³-hybridized carbons (Fsp3) is 0.846. The van der Waals surface area contributed by atoms with E-state index in [2.05, 4.69) is 15.5 Å². The van der Waals surface area contributed by atoms with Crippen molar-refractivity contribution in [2.75, 3.05) is 13.1 Å². The number of rotatable bonds is 4. The van der Waals surface area contributed by atoms with Crippen molar-refractivity contribution in [2.45, 2.75) is 55.1 Å². The monoisotopic (exact) mass is 283 g/mol. The highest BCUT2D eigenvalue weighted by atomic mass is 32.2. The number of β-amino-alcohol motifs (C(OH)–C–C–N with tert-alkyl or cyclic N) is 1. The van der Waals surface area contributed by atoms with Gasteiger partial charge in [0.2, 0.25) is 0 Å². The van der Waals surface area contributed by atoms with E-state index in [0.29, 0.717) is 24.7 Å². The number of piperidine rings is 1. The maximum Gasteiger partial charge on any atom is 0.259 e. The molecule has 0 aromatic carbocycles. The Bertz CT molecular complexity index is 412. The summed E-state index contributed by atoms with van der Waals surface area (Å²) in [7, 11) is 0. The average Bonchev–Trinajstić information content (AvgIpc) is 3.09. The molecule has 0 bridgehead atoms. The Morgan fingerprint density at radius 2 is 2.21 bits per heavy atom. The van der Waals surface area contributed by atoms with Crippen LogP contribution in [-0.2, 0) is 11.4 Å². The molecule has 0 radical (unpaired) electrons. The van der Waals surface area contributed by atoms with Gasteiger partial charge in [0.1, 0.15) is 0 Å². The molecule has 1 saturated carbocycles. The third kappa shape index (κ3) is 3.12. The molecule has 1 aromatic rings. The van der Waals surface area contributed by atoms with Gasteiger partial charge in [-0.2, -0.15) is 16.7 Å². The minimum absolute atomic E-state index is 0.377. The number of hydrogen-bond acceptors (Lipinski definition) is 6. The molecule has 106 valence electrons. The van der Waals surface area contributed by atoms with Gasteiger partial charge in [0.05, 0.1) is 5.75 Å². The summed E-state index contributed by atoms with van der Waals surface area (Å²) in [5.74, 6) is 1.88. The second-order valence-electron chi connectivity index (χ2n) is 5.55. The van der Waals surface area contributed by atoms with Crippen LogP contribution in [0, 0.1) is 0 Å². The van der Waals surface area contributed by atoms with E-state index in [9.17, 15) is 5.11 Å². The number of aromatic nitrogens is 2. The molecule has 2 N–H and O–H groups in total. The average molecular weight is 283 g/mol. The molecule has 2 heterocycles. The van der Waals surface area contributed by atoms with Crippen LogP contribution in [0.1, 0.15) is 50.2 Å². The van der Waals surface area contributed by atoms with Crippen LogP contribution >= 0.6 is 11.8 Å². The van der Waals surface area contributed by atoms with Gasteiger partial charge >= 0.3 is 0 Å². The van der Waals surface area contributed by atoms with Gasteiger partial charge in [-0.25, -0.2) is 0 Å². The standard InChI is InChI=1S/C13H21N3O2S/c17-13(6-3-7-14-9-13)12-15-11(16-18-12)8-19-10-4-1-2-5-10/h10,14,17H,1-9H2. The first kappa shape index (κ1) is 13.4. The molecule has 1 saturated heterocycles. The lowest BCUT2D eigenvalue weighted by molar-refractivity contribution is -0.0167. The zero-order valence-corrected chi connectivity index (χ0v) is 11.9. The molecule has 6 heteroatoms. The van der Waals surface area contributed by atoms with Gasteiger partial charge in [0.15, 0.2) is 11.4 Å². The third-order valence-electron chi connectivity index (χ3n) is 3.98. The number of nitrogens with one attached hydrogen (secondary N) is 1. The predicted molar refractivity (Wildman–Crippen MR) is 73.8 cm³/mol. The summed E-state index contributed by atoms with van der Waals surface area (Å²) in [5, 5.41) is 18.4. The molecular weight excluding hydrogens is 262 g/mol. The van der Waals surface area contributed by atoms with E-state index < -0.39 is 5.60 Å². The first-order valence-electron chi connectivity index (χ1n) is 7.14. The Morgan fingerprint density at radius 1 is 1.37 bits per heavy atom. The highest BCUT2D eigenvalue weighted by Crippen LogP contribution is 2.32. The minimum Gasteiger partial charge on any atom is -0.379 e. The molecule has 1 unspecified atom stereocenters. The zero-order valence-electron chi connectivity index (χ0n) is 11.1. The van der Waals surface area contributed by atoms with E-state index in [0.717, 1.165) is 24.0 Å². The lowest BCUT2D eigenvalue weighted by Crippen LogP contribution is -2.43. The summed E-state index contributed by atoms with van der Waals surface area (Å²) < 4.78 is 5.26. The largest absolute Gasteiger partial charge is 0.379 e. The van der Waals surface area contributed by atoms with Crippen molar-refractivity contribution in [1.29, 1.82) is 0 Å². The van der Waals surface area contributed by atoms with Crippen LogP contribution in [0.3, 0.4) is 0 Å². The maximum atomic E-state index is 10.5. The van der Waals surface area contributed by atoms with Crippen molar-refractivity contribution < 1.29 is 9.63 Å². The quantitative estimate of drug-likeness (QED) is 0.878. The first-order chi connectivity index (χ1) is 9.26. The molecule has 1 atom stereocenters. The summed E-state index contributed by atoms with van der Waals surface area (Å²) in [6, 6.07) is 0. The second kappa shape index (κ2) is 5.81. The predicted octanol–water partition coefficient (Wildman–Crippen LogP) is 1.82. The maximum absolute atomic E-state index is 10.5. The van der Waals surface area contributed by atoms with E-state index in [1.165, 1.54) is 25.7 Å². The molecule has 0 spiro atoms. The van der Waals surface area contributed by atoms with E-state index in [1.807, 2.05) is 11.8 Å². The van der Waals surface area contributed by atoms with E-state index in [4.69, 9.17) is 4.52 Å². The number of nitrogens with zero attached hydrogens (tertiary/aromatic N) is 2. The summed E-state index contributed by atoms with van der Waals surface area (Å²) >= 11 is 1.91. The summed E-state index contributed by atoms with van der Waals surface area (Å²) in [4.78, 5) is 4.38. The Labute approximate surface area is 117 Å². The lowest BCUT2D eigenvalue weighted by Gasteiger charge is -2.28. The van der Waals surface area contributed by atoms with Crippen LogP contribution < -0.4 is 5.32 Å². The highest BCUT2D eigenvalue weighted by Gasteiger charge is 2.37. The molecule has 2 aliphatic rings. The summed E-state index contributed by atoms with van der Waals surface area (Å²) in [6.07, 6.45) is 6.94. The van der Waals surface area contributed by atoms with Gasteiger partial charge in [-0.3, -0.25) is 0 Å². The van der Waals surface area contributed by atoms with Crippen molar-refractivity contribution in [1.82, 2.24) is 15.5 Å². The van der Waals surface area contributed by atoms with Gasteiger partial charge in [0.25, 0.3) is 5.89 Å². The van der Waals surface area contributed by atoms with Gasteiger partial charge in [-0.15, -0.1) is 0 Å². The normalized spacial score (nSPS) is 28.9. The minimum atomic E-state index is -0.971. The Hall–Kier alpha value is -0.590. The van der Waals surface area contributed by atoms with Gasteiger partial charge in [0, 0.05) is 11.8 Å². The van der Waals surface area contributed by atoms with Crippen molar-refractivity contribution in [2.24, 2.45) is 0 Å². The van der Waals surface area contributed by atoms with Crippen LogP contribution in [0.2, 0.25) is 0 Å². The van der Waals surface area contributed by atoms with Crippen LogP contribution in [0.4, 0.5) is 0 Å². The Kier molecular flexibility index (Phi) is 4.10. The molecular formula is C13H21N3O2S.